The van der Waals surface area contributed by atoms with E-state index in [-0.39, 0.29) is 17.3 Å². The smallest absolute Gasteiger partial charge is 0.282 e. The predicted octanol–water partition coefficient (Wildman–Crippen LogP) is 4.58. The number of carbonyl (C=O) groups excluding carboxylic acids is 1. The standard InChI is InChI=1S/C25H21N5O4/c1-34-19-13-11-18(12-14-19)23-15-22(17-7-3-2-4-8-17)28(25-26-16-27-29(23)25)24(31)20-9-5-6-10-21(20)30(32)33/h2-14,16,22-23H,15H2,1H3. The van der Waals surface area contributed by atoms with Crippen molar-refractivity contribution in [1.29, 1.82) is 0 Å². The number of carbonyl (C=O) groups is 1. The highest BCUT2D eigenvalue weighted by Crippen LogP contribution is 2.43. The van der Waals surface area contributed by atoms with Crippen molar-refractivity contribution >= 4 is 17.5 Å². The van der Waals surface area contributed by atoms with E-state index >= 15 is 0 Å². The quantitative estimate of drug-likeness (QED) is 0.322. The molecule has 170 valence electrons. The van der Waals surface area contributed by atoms with Gasteiger partial charge in [-0.05, 0) is 35.7 Å². The maximum absolute atomic E-state index is 13.8. The number of amides is 1. The van der Waals surface area contributed by atoms with Crippen molar-refractivity contribution in [2.24, 2.45) is 0 Å². The van der Waals surface area contributed by atoms with Gasteiger partial charge in [-0.3, -0.25) is 19.8 Å². The highest BCUT2D eigenvalue weighted by Gasteiger charge is 2.41. The summed E-state index contributed by atoms with van der Waals surface area (Å²) >= 11 is 0. The van der Waals surface area contributed by atoms with Gasteiger partial charge in [-0.2, -0.15) is 10.1 Å². The zero-order valence-electron chi connectivity index (χ0n) is 18.3. The van der Waals surface area contributed by atoms with Crippen molar-refractivity contribution in [3.63, 3.8) is 0 Å². The molecular formula is C25H21N5O4. The van der Waals surface area contributed by atoms with E-state index in [0.717, 1.165) is 16.9 Å². The molecular weight excluding hydrogens is 434 g/mol. The fraction of sp³-hybridized carbons (Fsp3) is 0.160. The Morgan fingerprint density at radius 1 is 0.971 bits per heavy atom. The van der Waals surface area contributed by atoms with Gasteiger partial charge in [-0.25, -0.2) is 4.68 Å². The highest BCUT2D eigenvalue weighted by atomic mass is 16.6. The van der Waals surface area contributed by atoms with Gasteiger partial charge in [0.1, 0.15) is 17.6 Å². The summed E-state index contributed by atoms with van der Waals surface area (Å²) in [5, 5.41) is 16.1. The van der Waals surface area contributed by atoms with Crippen LogP contribution >= 0.6 is 0 Å². The molecule has 2 unspecified atom stereocenters. The summed E-state index contributed by atoms with van der Waals surface area (Å²) in [5.74, 6) is 0.582. The fourth-order valence-corrected chi connectivity index (χ4v) is 4.43. The molecule has 0 N–H and O–H groups in total. The number of nitrogens with zero attached hydrogens (tertiary/aromatic N) is 5. The van der Waals surface area contributed by atoms with Gasteiger partial charge in [-0.1, -0.05) is 54.6 Å². The fourth-order valence-electron chi connectivity index (χ4n) is 4.43. The van der Waals surface area contributed by atoms with Crippen LogP contribution in [0.15, 0.2) is 85.2 Å². The summed E-state index contributed by atoms with van der Waals surface area (Å²) < 4.78 is 6.99. The summed E-state index contributed by atoms with van der Waals surface area (Å²) in [6.07, 6.45) is 1.91. The third-order valence-electron chi connectivity index (χ3n) is 6.06. The zero-order valence-corrected chi connectivity index (χ0v) is 18.3. The van der Waals surface area contributed by atoms with Crippen molar-refractivity contribution in [1.82, 2.24) is 14.8 Å². The molecule has 9 nitrogen and oxygen atoms in total. The number of para-hydroxylation sites is 1. The normalized spacial score (nSPS) is 17.1. The first-order valence-electron chi connectivity index (χ1n) is 10.7. The van der Waals surface area contributed by atoms with E-state index in [1.165, 1.54) is 23.4 Å². The number of fused-ring (bicyclic) bond motifs is 1. The first kappa shape index (κ1) is 21.3. The molecule has 1 aliphatic heterocycles. The van der Waals surface area contributed by atoms with Crippen LogP contribution in [0.3, 0.4) is 0 Å². The van der Waals surface area contributed by atoms with Crippen LogP contribution < -0.4 is 9.64 Å². The minimum absolute atomic E-state index is 0.00544. The molecule has 0 bridgehead atoms. The van der Waals surface area contributed by atoms with Crippen LogP contribution in [0.4, 0.5) is 11.6 Å². The molecule has 1 aliphatic rings. The number of anilines is 1. The monoisotopic (exact) mass is 455 g/mol. The molecule has 5 rings (SSSR count). The molecule has 0 saturated carbocycles. The summed E-state index contributed by atoms with van der Waals surface area (Å²) in [5.41, 5.74) is 1.65. The van der Waals surface area contributed by atoms with Crippen molar-refractivity contribution in [2.75, 3.05) is 12.0 Å². The predicted molar refractivity (Wildman–Crippen MR) is 125 cm³/mol. The van der Waals surface area contributed by atoms with E-state index in [0.29, 0.717) is 12.4 Å². The average Bonchev–Trinajstić information content (AvgIpc) is 3.38. The second-order valence-corrected chi connectivity index (χ2v) is 7.91. The van der Waals surface area contributed by atoms with Gasteiger partial charge in [0.05, 0.1) is 24.1 Å². The Kier molecular flexibility index (Phi) is 5.51. The van der Waals surface area contributed by atoms with E-state index in [1.807, 2.05) is 54.6 Å². The molecule has 2 atom stereocenters. The molecule has 3 aromatic carbocycles. The van der Waals surface area contributed by atoms with Gasteiger partial charge in [0.25, 0.3) is 11.6 Å². The Bertz CT molecular complexity index is 1340. The van der Waals surface area contributed by atoms with Crippen molar-refractivity contribution in [3.05, 3.63) is 112 Å². The summed E-state index contributed by atoms with van der Waals surface area (Å²) in [7, 11) is 1.61. The van der Waals surface area contributed by atoms with E-state index in [1.54, 1.807) is 23.9 Å². The van der Waals surface area contributed by atoms with Gasteiger partial charge in [0.2, 0.25) is 5.95 Å². The van der Waals surface area contributed by atoms with Gasteiger partial charge in [0, 0.05) is 6.07 Å². The number of methoxy groups -OCH3 is 1. The molecule has 0 spiro atoms. The molecule has 0 aliphatic carbocycles. The number of nitro groups is 1. The van der Waals surface area contributed by atoms with E-state index in [4.69, 9.17) is 4.74 Å². The molecule has 34 heavy (non-hydrogen) atoms. The van der Waals surface area contributed by atoms with Gasteiger partial charge in [-0.15, -0.1) is 0 Å². The Morgan fingerprint density at radius 3 is 2.35 bits per heavy atom. The number of ether oxygens (including phenoxy) is 1. The largest absolute Gasteiger partial charge is 0.497 e. The summed E-state index contributed by atoms with van der Waals surface area (Å²) in [6, 6.07) is 22.7. The van der Waals surface area contributed by atoms with Crippen LogP contribution in [-0.4, -0.2) is 32.7 Å². The molecule has 9 heteroatoms. The average molecular weight is 455 g/mol. The second-order valence-electron chi connectivity index (χ2n) is 7.91. The number of hydrogen-bond acceptors (Lipinski definition) is 6. The summed E-state index contributed by atoms with van der Waals surface area (Å²) in [4.78, 5) is 30.8. The first-order valence-corrected chi connectivity index (χ1v) is 10.7. The van der Waals surface area contributed by atoms with Crippen LogP contribution in [0.1, 0.15) is 40.0 Å². The number of hydrogen-bond donors (Lipinski definition) is 0. The molecule has 4 aromatic rings. The number of benzene rings is 3. The van der Waals surface area contributed by atoms with Crippen LogP contribution in [0.5, 0.6) is 5.75 Å². The molecule has 2 heterocycles. The first-order chi connectivity index (χ1) is 16.6. The Hall–Kier alpha value is -4.53. The number of aromatic nitrogens is 3. The lowest BCUT2D eigenvalue weighted by Crippen LogP contribution is -2.42. The molecule has 0 radical (unpaired) electrons. The Morgan fingerprint density at radius 2 is 1.65 bits per heavy atom. The van der Waals surface area contributed by atoms with E-state index in [9.17, 15) is 14.9 Å². The number of nitro benzene ring substituents is 1. The molecule has 1 amide bonds. The Labute approximate surface area is 195 Å². The minimum Gasteiger partial charge on any atom is -0.497 e. The lowest BCUT2D eigenvalue weighted by Gasteiger charge is -2.39. The maximum atomic E-state index is 13.8. The highest BCUT2D eigenvalue weighted by molar-refractivity contribution is 6.08. The van der Waals surface area contributed by atoms with E-state index < -0.39 is 16.9 Å². The number of rotatable bonds is 5. The topological polar surface area (TPSA) is 103 Å². The lowest BCUT2D eigenvalue weighted by atomic mass is 9.91. The lowest BCUT2D eigenvalue weighted by molar-refractivity contribution is -0.385. The van der Waals surface area contributed by atoms with Crippen molar-refractivity contribution < 1.29 is 14.5 Å². The van der Waals surface area contributed by atoms with Gasteiger partial charge >= 0.3 is 0 Å². The minimum atomic E-state index is -0.542. The van der Waals surface area contributed by atoms with E-state index in [2.05, 4.69) is 10.1 Å². The summed E-state index contributed by atoms with van der Waals surface area (Å²) in [6.45, 7) is 0. The Balaban J connectivity index is 1.65. The second kappa shape index (κ2) is 8.78. The zero-order chi connectivity index (χ0) is 23.7. The third-order valence-corrected chi connectivity index (χ3v) is 6.06. The molecule has 1 aromatic heterocycles. The third kappa shape index (κ3) is 3.66. The SMILES string of the molecule is COc1ccc(C2CC(c3ccccc3)N(C(=O)c3ccccc3[N+](=O)[O-])c3ncnn32)cc1. The molecule has 0 saturated heterocycles. The van der Waals surface area contributed by atoms with Crippen molar-refractivity contribution in [2.45, 2.75) is 18.5 Å². The molecule has 0 fully saturated rings. The van der Waals surface area contributed by atoms with Gasteiger partial charge < -0.3 is 4.74 Å². The van der Waals surface area contributed by atoms with Crippen LogP contribution in [0, 0.1) is 10.1 Å². The van der Waals surface area contributed by atoms with Gasteiger partial charge in [0.15, 0.2) is 0 Å². The van der Waals surface area contributed by atoms with Crippen LogP contribution in [0.25, 0.3) is 0 Å². The van der Waals surface area contributed by atoms with Crippen LogP contribution in [-0.2, 0) is 0 Å². The maximum Gasteiger partial charge on any atom is 0.282 e. The van der Waals surface area contributed by atoms with Crippen molar-refractivity contribution in [3.8, 4) is 5.75 Å². The van der Waals surface area contributed by atoms with Crippen LogP contribution in [0.2, 0.25) is 0 Å².